The molecule has 5 rings (SSSR count). The molecule has 28 heavy (non-hydrogen) atoms. The van der Waals surface area contributed by atoms with E-state index in [1.165, 1.54) is 22.3 Å². The maximum atomic E-state index is 12.9. The van der Waals surface area contributed by atoms with Crippen LogP contribution in [0.25, 0.3) is 11.1 Å². The number of aliphatic hydroxyl groups is 1. The first-order valence-electron chi connectivity index (χ1n) is 9.62. The van der Waals surface area contributed by atoms with Crippen molar-refractivity contribution in [3.05, 3.63) is 89.0 Å². The second kappa shape index (κ2) is 6.80. The molecule has 4 nitrogen and oxygen atoms in total. The van der Waals surface area contributed by atoms with Crippen molar-refractivity contribution in [2.75, 3.05) is 18.1 Å². The number of carbonyl (C=O) groups is 1. The van der Waals surface area contributed by atoms with E-state index in [1.54, 1.807) is 4.90 Å². The van der Waals surface area contributed by atoms with Crippen molar-refractivity contribution in [2.45, 2.75) is 18.9 Å². The van der Waals surface area contributed by atoms with Crippen LogP contribution < -0.4 is 4.90 Å². The van der Waals surface area contributed by atoms with Gasteiger partial charge in [0, 0.05) is 18.0 Å². The third kappa shape index (κ3) is 2.60. The smallest absolute Gasteiger partial charge is 0.414 e. The molecule has 1 aliphatic carbocycles. The van der Waals surface area contributed by atoms with E-state index in [1.807, 2.05) is 42.5 Å². The average Bonchev–Trinajstić information content (AvgIpc) is 3.32. The first-order valence-corrected chi connectivity index (χ1v) is 9.62. The molecule has 0 atom stereocenters. The Morgan fingerprint density at radius 3 is 2.32 bits per heavy atom. The summed E-state index contributed by atoms with van der Waals surface area (Å²) in [4.78, 5) is 14.5. The quantitative estimate of drug-likeness (QED) is 0.738. The SMILES string of the molecule is O=C(OCC1c2ccccc2-c2ccccc21)N1CCc2cccc(CO)c21. The minimum Gasteiger partial charge on any atom is -0.448 e. The van der Waals surface area contributed by atoms with Crippen molar-refractivity contribution < 1.29 is 14.6 Å². The highest BCUT2D eigenvalue weighted by Gasteiger charge is 2.32. The van der Waals surface area contributed by atoms with Crippen LogP contribution in [0.1, 0.15) is 28.2 Å². The molecule has 0 unspecified atom stereocenters. The van der Waals surface area contributed by atoms with E-state index in [2.05, 4.69) is 24.3 Å². The van der Waals surface area contributed by atoms with Crippen LogP contribution in [0.5, 0.6) is 0 Å². The van der Waals surface area contributed by atoms with E-state index in [0.717, 1.165) is 23.2 Å². The number of fused-ring (bicyclic) bond motifs is 4. The lowest BCUT2D eigenvalue weighted by Gasteiger charge is -2.21. The summed E-state index contributed by atoms with van der Waals surface area (Å²) in [5, 5.41) is 9.64. The van der Waals surface area contributed by atoms with E-state index in [9.17, 15) is 9.90 Å². The zero-order chi connectivity index (χ0) is 19.1. The Morgan fingerprint density at radius 1 is 0.964 bits per heavy atom. The van der Waals surface area contributed by atoms with E-state index < -0.39 is 0 Å². The minimum absolute atomic E-state index is 0.0477. The summed E-state index contributed by atoms with van der Waals surface area (Å²) in [7, 11) is 0. The molecule has 2 aliphatic rings. The van der Waals surface area contributed by atoms with Gasteiger partial charge in [-0.15, -0.1) is 0 Å². The van der Waals surface area contributed by atoms with E-state index >= 15 is 0 Å². The summed E-state index contributed by atoms with van der Waals surface area (Å²) in [6.07, 6.45) is 0.439. The number of ether oxygens (including phenoxy) is 1. The van der Waals surface area contributed by atoms with Crippen LogP contribution in [0, 0.1) is 0 Å². The Hall–Kier alpha value is -3.11. The van der Waals surface area contributed by atoms with Gasteiger partial charge in [-0.1, -0.05) is 66.7 Å². The standard InChI is InChI=1S/C24H21NO3/c26-14-17-7-5-6-16-12-13-25(23(16)17)24(27)28-15-22-20-10-3-1-8-18(20)19-9-2-4-11-21(19)22/h1-11,22,26H,12-15H2. The fourth-order valence-electron chi connectivity index (χ4n) is 4.52. The Morgan fingerprint density at radius 2 is 1.64 bits per heavy atom. The lowest BCUT2D eigenvalue weighted by molar-refractivity contribution is 0.151. The van der Waals surface area contributed by atoms with Gasteiger partial charge in [-0.25, -0.2) is 4.79 Å². The molecule has 0 aromatic heterocycles. The van der Waals surface area contributed by atoms with Crippen LogP contribution in [-0.4, -0.2) is 24.4 Å². The molecule has 0 saturated heterocycles. The van der Waals surface area contributed by atoms with Crippen LogP contribution in [0.15, 0.2) is 66.7 Å². The van der Waals surface area contributed by atoms with Gasteiger partial charge in [-0.05, 0) is 34.2 Å². The van der Waals surface area contributed by atoms with Crippen LogP contribution in [-0.2, 0) is 17.8 Å². The zero-order valence-electron chi connectivity index (χ0n) is 15.5. The van der Waals surface area contributed by atoms with Crippen LogP contribution in [0.3, 0.4) is 0 Å². The van der Waals surface area contributed by atoms with Gasteiger partial charge in [-0.2, -0.15) is 0 Å². The van der Waals surface area contributed by atoms with Crippen molar-refractivity contribution in [3.63, 3.8) is 0 Å². The van der Waals surface area contributed by atoms with Crippen LogP contribution >= 0.6 is 0 Å². The molecule has 0 spiro atoms. The number of amides is 1. The van der Waals surface area contributed by atoms with Crippen molar-refractivity contribution in [1.82, 2.24) is 0 Å². The van der Waals surface area contributed by atoms with Gasteiger partial charge in [0.2, 0.25) is 0 Å². The Labute approximate surface area is 164 Å². The summed E-state index contributed by atoms with van der Waals surface area (Å²) in [5.74, 6) is 0.0477. The highest BCUT2D eigenvalue weighted by Crippen LogP contribution is 2.44. The monoisotopic (exact) mass is 371 g/mol. The molecule has 1 N–H and O–H groups in total. The van der Waals surface area contributed by atoms with E-state index in [-0.39, 0.29) is 18.6 Å². The normalized spacial score (nSPS) is 14.5. The second-order valence-corrected chi connectivity index (χ2v) is 7.29. The number of rotatable bonds is 3. The van der Waals surface area contributed by atoms with Crippen LogP contribution in [0.4, 0.5) is 10.5 Å². The van der Waals surface area contributed by atoms with Crippen molar-refractivity contribution in [2.24, 2.45) is 0 Å². The minimum atomic E-state index is -0.346. The van der Waals surface area contributed by atoms with Gasteiger partial charge in [0.15, 0.2) is 0 Å². The number of anilines is 1. The molecule has 0 fully saturated rings. The lowest BCUT2D eigenvalue weighted by atomic mass is 9.98. The van der Waals surface area contributed by atoms with Gasteiger partial charge in [0.25, 0.3) is 0 Å². The van der Waals surface area contributed by atoms with Crippen molar-refractivity contribution in [1.29, 1.82) is 0 Å². The fraction of sp³-hybridized carbons (Fsp3) is 0.208. The topological polar surface area (TPSA) is 49.8 Å². The number of carbonyl (C=O) groups excluding carboxylic acids is 1. The number of hydrogen-bond acceptors (Lipinski definition) is 3. The Kier molecular flexibility index (Phi) is 4.14. The molecule has 0 saturated carbocycles. The summed E-state index contributed by atoms with van der Waals surface area (Å²) < 4.78 is 5.79. The molecule has 3 aromatic rings. The molecule has 1 aliphatic heterocycles. The predicted molar refractivity (Wildman–Crippen MR) is 108 cm³/mol. The lowest BCUT2D eigenvalue weighted by Crippen LogP contribution is -2.31. The maximum absolute atomic E-state index is 12.9. The summed E-state index contributed by atoms with van der Waals surface area (Å²) in [6, 6.07) is 22.4. The molecule has 0 radical (unpaired) electrons. The summed E-state index contributed by atoms with van der Waals surface area (Å²) in [6.45, 7) is 0.805. The van der Waals surface area contributed by atoms with Gasteiger partial charge in [0.05, 0.1) is 12.3 Å². The molecular formula is C24H21NO3. The van der Waals surface area contributed by atoms with Crippen LogP contribution in [0.2, 0.25) is 0 Å². The number of aliphatic hydroxyl groups excluding tert-OH is 1. The first-order chi connectivity index (χ1) is 13.8. The zero-order valence-corrected chi connectivity index (χ0v) is 15.5. The van der Waals surface area contributed by atoms with Gasteiger partial charge >= 0.3 is 6.09 Å². The van der Waals surface area contributed by atoms with Gasteiger partial charge < -0.3 is 9.84 Å². The number of hydrogen-bond donors (Lipinski definition) is 1. The molecule has 1 amide bonds. The van der Waals surface area contributed by atoms with Gasteiger partial charge in [-0.3, -0.25) is 4.90 Å². The molecule has 3 aromatic carbocycles. The van der Waals surface area contributed by atoms with Crippen molar-refractivity contribution in [3.8, 4) is 11.1 Å². The number of nitrogens with zero attached hydrogens (tertiary/aromatic N) is 1. The number of benzene rings is 3. The molecule has 140 valence electrons. The molecule has 0 bridgehead atoms. The molecule has 4 heteroatoms. The average molecular weight is 371 g/mol. The Bertz CT molecular complexity index is 1010. The predicted octanol–water partition coefficient (Wildman–Crippen LogP) is 4.49. The highest BCUT2D eigenvalue weighted by atomic mass is 16.6. The third-order valence-corrected chi connectivity index (χ3v) is 5.80. The maximum Gasteiger partial charge on any atom is 0.414 e. The molecule has 1 heterocycles. The Balaban J connectivity index is 1.39. The highest BCUT2D eigenvalue weighted by molar-refractivity contribution is 5.91. The number of para-hydroxylation sites is 1. The summed E-state index contributed by atoms with van der Waals surface area (Å²) >= 11 is 0. The van der Waals surface area contributed by atoms with Gasteiger partial charge in [0.1, 0.15) is 6.61 Å². The second-order valence-electron chi connectivity index (χ2n) is 7.29. The van der Waals surface area contributed by atoms with Crippen molar-refractivity contribution >= 4 is 11.8 Å². The summed E-state index contributed by atoms with van der Waals surface area (Å²) in [5.41, 5.74) is 7.50. The first kappa shape index (κ1) is 17.0. The van der Waals surface area contributed by atoms with E-state index in [0.29, 0.717) is 13.2 Å². The third-order valence-electron chi connectivity index (χ3n) is 5.80. The fourth-order valence-corrected chi connectivity index (χ4v) is 4.52. The van der Waals surface area contributed by atoms with E-state index in [4.69, 9.17) is 4.74 Å². The molecular weight excluding hydrogens is 350 g/mol. The largest absolute Gasteiger partial charge is 0.448 e.